The van der Waals surface area contributed by atoms with Crippen LogP contribution in [-0.2, 0) is 11.2 Å². The number of benzene rings is 2. The van der Waals surface area contributed by atoms with E-state index in [4.69, 9.17) is 11.5 Å². The Balaban J connectivity index is 1.94. The van der Waals surface area contributed by atoms with Gasteiger partial charge >= 0.3 is 0 Å². The maximum Gasteiger partial charge on any atom is 0.255 e. The minimum Gasteiger partial charge on any atom is -0.370 e. The van der Waals surface area contributed by atoms with Crippen LogP contribution in [0.1, 0.15) is 43.1 Å². The monoisotopic (exact) mass is 395 g/mol. The van der Waals surface area contributed by atoms with Crippen LogP contribution in [0, 0.1) is 5.92 Å². The van der Waals surface area contributed by atoms with E-state index in [0.717, 1.165) is 12.0 Å². The van der Waals surface area contributed by atoms with Crippen molar-refractivity contribution < 1.29 is 9.59 Å². The molecular formula is C22H29N5O2. The molecule has 2 aromatic carbocycles. The van der Waals surface area contributed by atoms with Gasteiger partial charge in [-0.2, -0.15) is 0 Å². The number of anilines is 1. The van der Waals surface area contributed by atoms with Gasteiger partial charge in [-0.1, -0.05) is 32.0 Å². The van der Waals surface area contributed by atoms with Gasteiger partial charge in [0.25, 0.3) is 5.91 Å². The summed E-state index contributed by atoms with van der Waals surface area (Å²) in [5.41, 5.74) is 13.5. The molecule has 2 rings (SSSR count). The zero-order chi connectivity index (χ0) is 21.4. The fraction of sp³-hybridized carbons (Fsp3) is 0.318. The molecule has 0 bridgehead atoms. The molecule has 0 aromatic heterocycles. The zero-order valence-corrected chi connectivity index (χ0v) is 17.1. The third-order valence-electron chi connectivity index (χ3n) is 4.12. The van der Waals surface area contributed by atoms with Gasteiger partial charge in [0.05, 0.1) is 5.69 Å². The number of amides is 2. The third kappa shape index (κ3) is 7.65. The maximum absolute atomic E-state index is 12.5. The number of guanidine groups is 1. The van der Waals surface area contributed by atoms with Crippen LogP contribution in [0.2, 0.25) is 0 Å². The molecule has 0 heterocycles. The van der Waals surface area contributed by atoms with E-state index in [0.29, 0.717) is 29.3 Å². The van der Waals surface area contributed by atoms with Crippen LogP contribution in [0.3, 0.4) is 0 Å². The van der Waals surface area contributed by atoms with Gasteiger partial charge in [0.1, 0.15) is 0 Å². The summed E-state index contributed by atoms with van der Waals surface area (Å²) in [4.78, 5) is 28.3. The topological polar surface area (TPSA) is 123 Å². The molecule has 1 unspecified atom stereocenters. The molecule has 0 saturated carbocycles. The summed E-state index contributed by atoms with van der Waals surface area (Å²) in [6.45, 7) is 6.03. The highest BCUT2D eigenvalue weighted by molar-refractivity contribution is 6.04. The highest BCUT2D eigenvalue weighted by atomic mass is 16.2. The second-order valence-electron chi connectivity index (χ2n) is 7.51. The Morgan fingerprint density at radius 3 is 2.34 bits per heavy atom. The fourth-order valence-corrected chi connectivity index (χ4v) is 2.90. The summed E-state index contributed by atoms with van der Waals surface area (Å²) in [6.07, 6.45) is 1.25. The summed E-state index contributed by atoms with van der Waals surface area (Å²) in [5, 5.41) is 5.86. The summed E-state index contributed by atoms with van der Waals surface area (Å²) < 4.78 is 0. The van der Waals surface area contributed by atoms with Crippen molar-refractivity contribution in [2.75, 3.05) is 5.32 Å². The number of aliphatic imine (C=N–C) groups is 1. The molecule has 2 aromatic rings. The van der Waals surface area contributed by atoms with E-state index in [-0.39, 0.29) is 23.8 Å². The number of nitrogens with two attached hydrogens (primary N) is 2. The van der Waals surface area contributed by atoms with Gasteiger partial charge in [0.15, 0.2) is 5.96 Å². The Morgan fingerprint density at radius 2 is 1.72 bits per heavy atom. The van der Waals surface area contributed by atoms with Crippen LogP contribution in [0.5, 0.6) is 0 Å². The highest BCUT2D eigenvalue weighted by Crippen LogP contribution is 2.17. The lowest BCUT2D eigenvalue weighted by Gasteiger charge is -2.15. The lowest BCUT2D eigenvalue weighted by atomic mass is 10.1. The zero-order valence-electron chi connectivity index (χ0n) is 17.1. The molecule has 6 N–H and O–H groups in total. The number of nitrogens with one attached hydrogen (secondary N) is 2. The smallest absolute Gasteiger partial charge is 0.255 e. The predicted octanol–water partition coefficient (Wildman–Crippen LogP) is 2.94. The van der Waals surface area contributed by atoms with Gasteiger partial charge in [-0.05, 0) is 55.2 Å². The van der Waals surface area contributed by atoms with Crippen molar-refractivity contribution in [3.63, 3.8) is 0 Å². The number of nitrogens with zero attached hydrogens (tertiary/aromatic N) is 1. The van der Waals surface area contributed by atoms with Crippen LogP contribution < -0.4 is 22.1 Å². The SMILES string of the molecule is CC(C)CC(=O)NC(C)Cc1ccc(NC(=O)c2cccc(N=C(N)N)c2)cc1. The fourth-order valence-electron chi connectivity index (χ4n) is 2.90. The Morgan fingerprint density at radius 1 is 1.03 bits per heavy atom. The summed E-state index contributed by atoms with van der Waals surface area (Å²) in [7, 11) is 0. The summed E-state index contributed by atoms with van der Waals surface area (Å²) >= 11 is 0. The van der Waals surface area contributed by atoms with Crippen LogP contribution in [0.15, 0.2) is 53.5 Å². The first-order chi connectivity index (χ1) is 13.7. The van der Waals surface area contributed by atoms with E-state index in [1.807, 2.05) is 45.0 Å². The first kappa shape index (κ1) is 21.9. The minimum absolute atomic E-state index is 0.0416. The van der Waals surface area contributed by atoms with Crippen molar-refractivity contribution in [1.29, 1.82) is 0 Å². The van der Waals surface area contributed by atoms with Gasteiger partial charge in [-0.3, -0.25) is 9.59 Å². The van der Waals surface area contributed by atoms with E-state index in [1.165, 1.54) is 0 Å². The second kappa shape index (κ2) is 10.3. The van der Waals surface area contributed by atoms with Gasteiger partial charge in [0, 0.05) is 23.7 Å². The maximum atomic E-state index is 12.5. The molecule has 7 nitrogen and oxygen atoms in total. The van der Waals surface area contributed by atoms with Gasteiger partial charge in [0.2, 0.25) is 5.91 Å². The quantitative estimate of drug-likeness (QED) is 0.405. The molecule has 0 spiro atoms. The van der Waals surface area contributed by atoms with Crippen molar-refractivity contribution in [3.8, 4) is 0 Å². The summed E-state index contributed by atoms with van der Waals surface area (Å²) in [5.74, 6) is 0.0945. The van der Waals surface area contributed by atoms with E-state index in [1.54, 1.807) is 24.3 Å². The number of hydrogen-bond acceptors (Lipinski definition) is 3. The summed E-state index contributed by atoms with van der Waals surface area (Å²) in [6, 6.07) is 14.3. The Bertz CT molecular complexity index is 871. The molecule has 1 atom stereocenters. The molecule has 0 saturated heterocycles. The standard InChI is InChI=1S/C22H29N5O2/c1-14(2)11-20(28)25-15(3)12-16-7-9-18(10-8-16)26-21(29)17-5-4-6-19(13-17)27-22(23)24/h4-10,13-15H,11-12H2,1-3H3,(H,25,28)(H,26,29)(H4,23,24,27). The van der Waals surface area contributed by atoms with Gasteiger partial charge in [-0.15, -0.1) is 0 Å². The van der Waals surface area contributed by atoms with Crippen LogP contribution >= 0.6 is 0 Å². The van der Waals surface area contributed by atoms with Gasteiger partial charge < -0.3 is 22.1 Å². The first-order valence-electron chi connectivity index (χ1n) is 9.62. The Hall–Kier alpha value is -3.35. The predicted molar refractivity (Wildman–Crippen MR) is 117 cm³/mol. The molecule has 154 valence electrons. The molecule has 0 fully saturated rings. The Labute approximate surface area is 171 Å². The highest BCUT2D eigenvalue weighted by Gasteiger charge is 2.11. The normalized spacial score (nSPS) is 11.6. The minimum atomic E-state index is -0.250. The van der Waals surface area contributed by atoms with E-state index in [2.05, 4.69) is 15.6 Å². The number of rotatable bonds is 8. The van der Waals surface area contributed by atoms with Crippen LogP contribution in [0.4, 0.5) is 11.4 Å². The second-order valence-corrected chi connectivity index (χ2v) is 7.51. The molecule has 0 radical (unpaired) electrons. The third-order valence-corrected chi connectivity index (χ3v) is 4.12. The molecule has 29 heavy (non-hydrogen) atoms. The average Bonchev–Trinajstić information content (AvgIpc) is 2.62. The number of carbonyl (C=O) groups is 2. The van der Waals surface area contributed by atoms with E-state index in [9.17, 15) is 9.59 Å². The molecule has 2 amide bonds. The molecular weight excluding hydrogens is 366 g/mol. The van der Waals surface area contributed by atoms with Crippen molar-refractivity contribution in [2.45, 2.75) is 39.7 Å². The molecule has 0 aliphatic rings. The van der Waals surface area contributed by atoms with Gasteiger partial charge in [-0.25, -0.2) is 4.99 Å². The molecule has 0 aliphatic heterocycles. The first-order valence-corrected chi connectivity index (χ1v) is 9.62. The van der Waals surface area contributed by atoms with E-state index >= 15 is 0 Å². The lowest BCUT2D eigenvalue weighted by Crippen LogP contribution is -2.34. The average molecular weight is 396 g/mol. The lowest BCUT2D eigenvalue weighted by molar-refractivity contribution is -0.122. The molecule has 7 heteroatoms. The molecule has 0 aliphatic carbocycles. The Kier molecular flexibility index (Phi) is 7.77. The van der Waals surface area contributed by atoms with Crippen molar-refractivity contribution in [3.05, 3.63) is 59.7 Å². The number of carbonyl (C=O) groups excluding carboxylic acids is 2. The number of hydrogen-bond donors (Lipinski definition) is 4. The van der Waals surface area contributed by atoms with Crippen LogP contribution in [0.25, 0.3) is 0 Å². The largest absolute Gasteiger partial charge is 0.370 e. The van der Waals surface area contributed by atoms with Crippen LogP contribution in [-0.4, -0.2) is 23.8 Å². The van der Waals surface area contributed by atoms with Crippen molar-refractivity contribution >= 4 is 29.1 Å². The van der Waals surface area contributed by atoms with E-state index < -0.39 is 0 Å². The van der Waals surface area contributed by atoms with Crippen molar-refractivity contribution in [2.24, 2.45) is 22.4 Å². The van der Waals surface area contributed by atoms with Crippen molar-refractivity contribution in [1.82, 2.24) is 5.32 Å².